The first-order chi connectivity index (χ1) is 14.8. The number of nitrogens with one attached hydrogen (secondary N) is 1. The largest absolute Gasteiger partial charge is 0.467 e. The van der Waals surface area contributed by atoms with Crippen LogP contribution in [-0.4, -0.2) is 41.6 Å². The number of amides is 2. The van der Waals surface area contributed by atoms with Gasteiger partial charge in [-0.1, -0.05) is 60.7 Å². The van der Waals surface area contributed by atoms with Crippen LogP contribution in [0.1, 0.15) is 25.0 Å². The van der Waals surface area contributed by atoms with E-state index in [1.54, 1.807) is 54.6 Å². The molecule has 0 spiro atoms. The van der Waals surface area contributed by atoms with E-state index >= 15 is 0 Å². The van der Waals surface area contributed by atoms with Gasteiger partial charge in [-0.3, -0.25) is 4.79 Å². The molecule has 0 saturated carbocycles. The lowest BCUT2D eigenvalue weighted by Crippen LogP contribution is -2.65. The number of hydrogen-bond acceptors (Lipinski definition) is 7. The van der Waals surface area contributed by atoms with Crippen molar-refractivity contribution in [2.24, 2.45) is 0 Å². The summed E-state index contributed by atoms with van der Waals surface area (Å²) in [5, 5.41) is 0.484. The van der Waals surface area contributed by atoms with Gasteiger partial charge >= 0.3 is 18.2 Å². The molecule has 1 N–H and O–H groups in total. The number of hydrogen-bond donors (Lipinski definition) is 1. The van der Waals surface area contributed by atoms with Gasteiger partial charge in [-0.2, -0.15) is 5.01 Å². The molecular weight excluding hydrogens is 404 g/mol. The van der Waals surface area contributed by atoms with Gasteiger partial charge in [-0.15, -0.1) is 0 Å². The Morgan fingerprint density at radius 1 is 0.871 bits per heavy atom. The molecule has 9 heteroatoms. The number of rotatable bonds is 7. The van der Waals surface area contributed by atoms with Crippen LogP contribution in [0.5, 0.6) is 0 Å². The van der Waals surface area contributed by atoms with Crippen LogP contribution in [0.3, 0.4) is 0 Å². The molecule has 2 rings (SSSR count). The van der Waals surface area contributed by atoms with E-state index in [0.717, 1.165) is 21.0 Å². The van der Waals surface area contributed by atoms with Crippen LogP contribution in [0.25, 0.3) is 0 Å². The van der Waals surface area contributed by atoms with Crippen molar-refractivity contribution in [3.63, 3.8) is 0 Å². The van der Waals surface area contributed by atoms with Crippen LogP contribution < -0.4 is 5.43 Å². The number of ketones is 1. The lowest BCUT2D eigenvalue weighted by molar-refractivity contribution is -0.159. The van der Waals surface area contributed by atoms with Gasteiger partial charge in [-0.25, -0.2) is 19.8 Å². The summed E-state index contributed by atoms with van der Waals surface area (Å²) < 4.78 is 15.0. The molecule has 0 heterocycles. The van der Waals surface area contributed by atoms with E-state index in [9.17, 15) is 19.2 Å². The fourth-order valence-corrected chi connectivity index (χ4v) is 2.56. The maximum absolute atomic E-state index is 12.8. The number of nitrogens with zero attached hydrogens (tertiary/aromatic N) is 1. The minimum absolute atomic E-state index is 0.0887. The third kappa shape index (κ3) is 6.05. The average Bonchev–Trinajstić information content (AvgIpc) is 2.79. The monoisotopic (exact) mass is 428 g/mol. The first-order valence-corrected chi connectivity index (χ1v) is 9.36. The Morgan fingerprint density at radius 2 is 1.35 bits per heavy atom. The number of hydrazine groups is 1. The molecule has 1 atom stereocenters. The normalized spacial score (nSPS) is 12.1. The standard InChI is InChI=1S/C22H24N2O7/c1-16(25)22(2,19(26)29-3)24(21(28)31-15-18-12-8-5-9-13-18)23-20(27)30-14-17-10-6-4-7-11-17/h4-13H,14-15H2,1-3H3,(H,23,27). The zero-order chi connectivity index (χ0) is 22.9. The second-order valence-electron chi connectivity index (χ2n) is 6.67. The highest BCUT2D eigenvalue weighted by molar-refractivity contribution is 6.09. The molecule has 9 nitrogen and oxygen atoms in total. The van der Waals surface area contributed by atoms with Crippen LogP contribution in [-0.2, 0) is 37.0 Å². The Bertz CT molecular complexity index is 918. The summed E-state index contributed by atoms with van der Waals surface area (Å²) >= 11 is 0. The lowest BCUT2D eigenvalue weighted by atomic mass is 9.97. The fraction of sp³-hybridized carbons (Fsp3) is 0.273. The highest BCUT2D eigenvalue weighted by Gasteiger charge is 2.50. The lowest BCUT2D eigenvalue weighted by Gasteiger charge is -2.35. The van der Waals surface area contributed by atoms with E-state index in [4.69, 9.17) is 9.47 Å². The number of carbonyl (C=O) groups excluding carboxylic acids is 4. The highest BCUT2D eigenvalue weighted by atomic mass is 16.6. The van der Waals surface area contributed by atoms with Crippen molar-refractivity contribution in [3.8, 4) is 0 Å². The average molecular weight is 428 g/mol. The number of esters is 1. The molecule has 0 saturated heterocycles. The van der Waals surface area contributed by atoms with Gasteiger partial charge in [0.05, 0.1) is 7.11 Å². The first kappa shape index (κ1) is 23.4. The summed E-state index contributed by atoms with van der Waals surface area (Å²) in [7, 11) is 1.06. The van der Waals surface area contributed by atoms with Crippen LogP contribution in [0.4, 0.5) is 9.59 Å². The molecule has 0 bridgehead atoms. The van der Waals surface area contributed by atoms with Crippen LogP contribution in [0.2, 0.25) is 0 Å². The molecule has 1 unspecified atom stereocenters. The van der Waals surface area contributed by atoms with Crippen molar-refractivity contribution >= 4 is 23.9 Å². The number of benzene rings is 2. The van der Waals surface area contributed by atoms with Gasteiger partial charge in [-0.05, 0) is 25.0 Å². The van der Waals surface area contributed by atoms with Crippen molar-refractivity contribution in [1.29, 1.82) is 0 Å². The Labute approximate surface area is 179 Å². The number of carbonyl (C=O) groups is 4. The Morgan fingerprint density at radius 3 is 1.81 bits per heavy atom. The SMILES string of the molecule is COC(=O)C(C)(C(C)=O)N(NC(=O)OCc1ccccc1)C(=O)OCc1ccccc1. The minimum atomic E-state index is -2.17. The van der Waals surface area contributed by atoms with Crippen LogP contribution in [0.15, 0.2) is 60.7 Å². The van der Waals surface area contributed by atoms with Gasteiger partial charge in [0.1, 0.15) is 13.2 Å². The van der Waals surface area contributed by atoms with Crippen molar-refractivity contribution in [3.05, 3.63) is 71.8 Å². The second-order valence-corrected chi connectivity index (χ2v) is 6.67. The molecule has 0 aliphatic heterocycles. The minimum Gasteiger partial charge on any atom is -0.467 e. The Hall–Kier alpha value is -3.88. The molecule has 2 amide bonds. The van der Waals surface area contributed by atoms with Crippen molar-refractivity contribution in [2.45, 2.75) is 32.6 Å². The van der Waals surface area contributed by atoms with Crippen molar-refractivity contribution < 1.29 is 33.4 Å². The number of ether oxygens (including phenoxy) is 3. The summed E-state index contributed by atoms with van der Waals surface area (Å²) in [5.41, 5.74) is 1.34. The molecule has 31 heavy (non-hydrogen) atoms. The molecule has 0 aliphatic rings. The predicted molar refractivity (Wildman–Crippen MR) is 109 cm³/mol. The first-order valence-electron chi connectivity index (χ1n) is 9.36. The second kappa shape index (κ2) is 10.8. The smallest absolute Gasteiger partial charge is 0.430 e. The zero-order valence-corrected chi connectivity index (χ0v) is 17.5. The van der Waals surface area contributed by atoms with Crippen molar-refractivity contribution in [2.75, 3.05) is 7.11 Å². The third-order valence-electron chi connectivity index (χ3n) is 4.52. The van der Waals surface area contributed by atoms with Gasteiger partial charge in [0, 0.05) is 0 Å². The van der Waals surface area contributed by atoms with Crippen LogP contribution >= 0.6 is 0 Å². The number of methoxy groups -OCH3 is 1. The summed E-state index contributed by atoms with van der Waals surface area (Å²) in [4.78, 5) is 49.8. The molecule has 2 aromatic rings. The van der Waals surface area contributed by atoms with E-state index in [-0.39, 0.29) is 13.2 Å². The van der Waals surface area contributed by atoms with E-state index in [1.165, 1.54) is 0 Å². The third-order valence-corrected chi connectivity index (χ3v) is 4.52. The predicted octanol–water partition coefficient (Wildman–Crippen LogP) is 2.99. The molecular formula is C22H24N2O7. The van der Waals surface area contributed by atoms with E-state index in [2.05, 4.69) is 10.2 Å². The molecule has 0 fully saturated rings. The highest BCUT2D eigenvalue weighted by Crippen LogP contribution is 2.19. The quantitative estimate of drug-likeness (QED) is 0.312. The topological polar surface area (TPSA) is 111 Å². The van der Waals surface area contributed by atoms with Gasteiger partial charge in [0.2, 0.25) is 5.54 Å². The molecule has 0 radical (unpaired) electrons. The molecule has 2 aromatic carbocycles. The summed E-state index contributed by atoms with van der Waals surface area (Å²) in [6.45, 7) is 1.99. The maximum atomic E-state index is 12.8. The summed E-state index contributed by atoms with van der Waals surface area (Å²) in [6, 6.07) is 17.6. The maximum Gasteiger partial charge on any atom is 0.430 e. The van der Waals surface area contributed by atoms with E-state index in [1.807, 2.05) is 6.07 Å². The number of Topliss-reactive ketones (excluding diaryl/α,β-unsaturated/α-hetero) is 1. The van der Waals surface area contributed by atoms with Crippen LogP contribution in [0, 0.1) is 0 Å². The van der Waals surface area contributed by atoms with Crippen molar-refractivity contribution in [1.82, 2.24) is 10.4 Å². The Kier molecular flexibility index (Phi) is 8.13. The van der Waals surface area contributed by atoms with Gasteiger partial charge in [0.15, 0.2) is 5.78 Å². The zero-order valence-electron chi connectivity index (χ0n) is 17.5. The summed E-state index contributed by atoms with van der Waals surface area (Å²) in [6.07, 6.45) is -2.19. The molecule has 0 aromatic heterocycles. The molecule has 164 valence electrons. The van der Waals surface area contributed by atoms with E-state index < -0.39 is 29.5 Å². The van der Waals surface area contributed by atoms with Gasteiger partial charge < -0.3 is 14.2 Å². The molecule has 0 aliphatic carbocycles. The summed E-state index contributed by atoms with van der Waals surface area (Å²) in [5.74, 6) is -1.81. The Balaban J connectivity index is 2.19. The fourth-order valence-electron chi connectivity index (χ4n) is 2.56. The van der Waals surface area contributed by atoms with E-state index in [0.29, 0.717) is 16.1 Å². The van der Waals surface area contributed by atoms with Gasteiger partial charge in [0.25, 0.3) is 0 Å².